The van der Waals surface area contributed by atoms with E-state index in [0.717, 1.165) is 38.0 Å². The summed E-state index contributed by atoms with van der Waals surface area (Å²) in [6.45, 7) is 0.319. The second kappa shape index (κ2) is 18.6. The number of ketones is 1. The van der Waals surface area contributed by atoms with Crippen LogP contribution in [-0.4, -0.2) is 11.9 Å². The number of carbonyl (C=O) groups excluding carboxylic acids is 1. The van der Waals surface area contributed by atoms with E-state index in [1.54, 1.807) is 0 Å². The Bertz CT molecular complexity index is 3330. The normalized spacial score (nSPS) is 11.7. The van der Waals surface area contributed by atoms with E-state index < -0.39 is 144 Å². The molecular formula is C49H18BF20NO. The van der Waals surface area contributed by atoms with Gasteiger partial charge in [0.1, 0.15) is 52.7 Å². The third kappa shape index (κ3) is 7.54. The molecule has 0 saturated carbocycles. The highest BCUT2D eigenvalue weighted by Gasteiger charge is 2.52. The standard InChI is InChI=1S/C25H18NO.C24BF20/c27-24(17-26-15-7-11-18-8-3-6-14-23(18)26)25-21-12-4-1-9-19(21)16-20-10-2-5-13-22(20)25;26-5-1(6(27)14(35)21(42)13(5)34)25(2-7(28)15(36)22(43)16(37)8(2)29,3-9(30)17(38)23(44)18(39)10(3)31)4-11(32)19(40)24(45)20(41)12(4)33/h1-16H,17H2;/q+1;-1. The first-order valence-corrected chi connectivity index (χ1v) is 20.1. The minimum Gasteiger partial charge on any atom is -0.287 e. The molecule has 0 fully saturated rings. The Kier molecular flexibility index (Phi) is 13.1. The molecule has 0 N–H and O–H groups in total. The molecule has 0 bridgehead atoms. The Morgan fingerprint density at radius 3 is 0.931 bits per heavy atom. The van der Waals surface area contributed by atoms with Crippen molar-refractivity contribution in [2.24, 2.45) is 0 Å². The molecule has 0 aliphatic carbocycles. The zero-order valence-electron chi connectivity index (χ0n) is 34.9. The topological polar surface area (TPSA) is 20.9 Å². The highest BCUT2D eigenvalue weighted by Crippen LogP contribution is 2.32. The predicted molar refractivity (Wildman–Crippen MR) is 219 cm³/mol. The van der Waals surface area contributed by atoms with Crippen molar-refractivity contribution in [1.29, 1.82) is 0 Å². The van der Waals surface area contributed by atoms with Gasteiger partial charge in [0.25, 0.3) is 0 Å². The summed E-state index contributed by atoms with van der Waals surface area (Å²) < 4.78 is 296. The number of hydrogen-bond acceptors (Lipinski definition) is 1. The summed E-state index contributed by atoms with van der Waals surface area (Å²) in [7, 11) is 0. The van der Waals surface area contributed by atoms with Crippen molar-refractivity contribution in [1.82, 2.24) is 0 Å². The zero-order valence-corrected chi connectivity index (χ0v) is 34.9. The first-order chi connectivity index (χ1) is 34.0. The van der Waals surface area contributed by atoms with Gasteiger partial charge in [0, 0.05) is 23.1 Å². The van der Waals surface area contributed by atoms with Gasteiger partial charge in [-0.3, -0.25) is 4.79 Å². The minimum absolute atomic E-state index is 0.129. The van der Waals surface area contributed by atoms with Gasteiger partial charge in [0.05, 0.1) is 0 Å². The van der Waals surface area contributed by atoms with Gasteiger partial charge >= 0.3 is 0 Å². The maximum absolute atomic E-state index is 15.4. The number of benzene rings is 8. The molecule has 72 heavy (non-hydrogen) atoms. The SMILES string of the molecule is Fc1c(F)c(F)c([B-](c2c(F)c(F)c(F)c(F)c2F)(c2c(F)c(F)c(F)c(F)c2F)c2c(F)c(F)c(F)c(F)c2F)c(F)c1F.O=C(C[n+]1cccc2ccccc21)c1c2ccccc2cc2ccccc12. The van der Waals surface area contributed by atoms with Crippen LogP contribution in [-0.2, 0) is 6.54 Å². The quantitative estimate of drug-likeness (QED) is 0.0296. The summed E-state index contributed by atoms with van der Waals surface area (Å²) in [4.78, 5) is 13.5. The molecule has 368 valence electrons. The summed E-state index contributed by atoms with van der Waals surface area (Å²) in [5, 5.41) is 5.37. The van der Waals surface area contributed by atoms with Gasteiger partial charge in [-0.2, -0.15) is 4.57 Å². The lowest BCUT2D eigenvalue weighted by atomic mass is 9.12. The Morgan fingerprint density at radius 1 is 0.333 bits per heavy atom. The van der Waals surface area contributed by atoms with Crippen molar-refractivity contribution < 1.29 is 97.2 Å². The number of fused-ring (bicyclic) bond motifs is 3. The Morgan fingerprint density at radius 2 is 0.597 bits per heavy atom. The molecular weight excluding hydrogens is 1010 g/mol. The molecule has 1 heterocycles. The third-order valence-corrected chi connectivity index (χ3v) is 11.9. The molecule has 0 aliphatic rings. The van der Waals surface area contributed by atoms with E-state index in [9.17, 15) is 57.5 Å². The molecule has 1 aromatic heterocycles. The number of nitrogens with zero attached hydrogens (tertiary/aromatic N) is 1. The monoisotopic (exact) mass is 1030 g/mol. The molecule has 0 aliphatic heterocycles. The van der Waals surface area contributed by atoms with Crippen LogP contribution in [0.4, 0.5) is 87.8 Å². The summed E-state index contributed by atoms with van der Waals surface area (Å²) in [5.74, 6) is -71.3. The maximum atomic E-state index is 15.4. The van der Waals surface area contributed by atoms with Crippen molar-refractivity contribution >= 4 is 66.2 Å². The van der Waals surface area contributed by atoms with Crippen LogP contribution in [0.5, 0.6) is 0 Å². The molecule has 0 amide bonds. The molecule has 23 heteroatoms. The second-order valence-corrected chi connectivity index (χ2v) is 15.6. The summed E-state index contributed by atoms with van der Waals surface area (Å²) in [6, 6.07) is 30.7. The van der Waals surface area contributed by atoms with Crippen molar-refractivity contribution in [3.05, 3.63) is 219 Å². The predicted octanol–water partition coefficient (Wildman–Crippen LogP) is 11.2. The van der Waals surface area contributed by atoms with Crippen molar-refractivity contribution in [3.63, 3.8) is 0 Å². The lowest BCUT2D eigenvalue weighted by Gasteiger charge is -2.44. The van der Waals surface area contributed by atoms with Gasteiger partial charge in [0.2, 0.25) is 17.8 Å². The van der Waals surface area contributed by atoms with Crippen LogP contribution >= 0.6 is 0 Å². The highest BCUT2D eigenvalue weighted by molar-refractivity contribution is 7.20. The summed E-state index contributed by atoms with van der Waals surface area (Å²) in [6.07, 6.45) is -5.24. The van der Waals surface area contributed by atoms with Crippen LogP contribution < -0.4 is 26.4 Å². The number of para-hydroxylation sites is 1. The molecule has 9 aromatic rings. The van der Waals surface area contributed by atoms with Crippen LogP contribution in [0.2, 0.25) is 0 Å². The molecule has 0 atom stereocenters. The Labute approximate surface area is 388 Å². The van der Waals surface area contributed by atoms with Gasteiger partial charge in [-0.1, -0.05) is 60.7 Å². The van der Waals surface area contributed by atoms with E-state index in [0.29, 0.717) is 6.54 Å². The second-order valence-electron chi connectivity index (χ2n) is 15.6. The first kappa shape index (κ1) is 50.4. The van der Waals surface area contributed by atoms with Crippen LogP contribution in [0.1, 0.15) is 10.4 Å². The zero-order chi connectivity index (χ0) is 52.6. The summed E-state index contributed by atoms with van der Waals surface area (Å²) in [5.41, 5.74) is -12.5. The van der Waals surface area contributed by atoms with E-state index in [1.165, 1.54) is 0 Å². The molecule has 0 saturated heterocycles. The van der Waals surface area contributed by atoms with Crippen molar-refractivity contribution in [2.45, 2.75) is 6.54 Å². The fraction of sp³-hybridized carbons (Fsp3) is 0.0204. The number of halogens is 20. The Hall–Kier alpha value is -7.98. The molecule has 0 radical (unpaired) electrons. The molecule has 8 aromatic carbocycles. The van der Waals surface area contributed by atoms with Gasteiger partial charge in [0.15, 0.2) is 76.0 Å². The number of rotatable bonds is 7. The number of hydrogen-bond donors (Lipinski definition) is 0. The van der Waals surface area contributed by atoms with E-state index in [4.69, 9.17) is 0 Å². The molecule has 2 nitrogen and oxygen atoms in total. The number of pyridine rings is 1. The average molecular weight is 1030 g/mol. The minimum atomic E-state index is -7.22. The fourth-order valence-corrected chi connectivity index (χ4v) is 8.78. The van der Waals surface area contributed by atoms with Gasteiger partial charge < -0.3 is 0 Å². The lowest BCUT2D eigenvalue weighted by molar-refractivity contribution is -0.657. The van der Waals surface area contributed by atoms with E-state index in [2.05, 4.69) is 36.4 Å². The van der Waals surface area contributed by atoms with Crippen LogP contribution in [0.25, 0.3) is 32.4 Å². The van der Waals surface area contributed by atoms with Gasteiger partial charge in [-0.05, 0) is 39.7 Å². The Balaban J connectivity index is 0.000000217. The smallest absolute Gasteiger partial charge is 0.228 e. The highest BCUT2D eigenvalue weighted by atomic mass is 19.2. The molecule has 0 unspecified atom stereocenters. The third-order valence-electron chi connectivity index (χ3n) is 11.9. The first-order valence-electron chi connectivity index (χ1n) is 20.1. The van der Waals surface area contributed by atoms with E-state index >= 15 is 35.1 Å². The van der Waals surface area contributed by atoms with Gasteiger partial charge in [-0.15, -0.1) is 21.9 Å². The summed E-state index contributed by atoms with van der Waals surface area (Å²) >= 11 is 0. The van der Waals surface area contributed by atoms with E-state index in [1.807, 2.05) is 65.4 Å². The average Bonchev–Trinajstić information content (AvgIpc) is 3.38. The van der Waals surface area contributed by atoms with Crippen LogP contribution in [0, 0.1) is 116 Å². The van der Waals surface area contributed by atoms with E-state index in [-0.39, 0.29) is 5.78 Å². The van der Waals surface area contributed by atoms with Gasteiger partial charge in [-0.25, -0.2) is 87.8 Å². The molecule has 9 rings (SSSR count). The van der Waals surface area contributed by atoms with Crippen molar-refractivity contribution in [3.8, 4) is 0 Å². The van der Waals surface area contributed by atoms with Crippen LogP contribution in [0.3, 0.4) is 0 Å². The lowest BCUT2D eigenvalue weighted by Crippen LogP contribution is -2.81. The fourth-order valence-electron chi connectivity index (χ4n) is 8.78. The number of aromatic nitrogens is 1. The molecule has 0 spiro atoms. The number of Topliss-reactive ketones (excluding diaryl/α,β-unsaturated/α-hetero) is 1. The van der Waals surface area contributed by atoms with Crippen molar-refractivity contribution in [2.75, 3.05) is 0 Å². The number of carbonyl (C=O) groups is 1. The van der Waals surface area contributed by atoms with Crippen LogP contribution in [0.15, 0.2) is 97.2 Å². The largest absolute Gasteiger partial charge is 0.287 e. The maximum Gasteiger partial charge on any atom is 0.228 e.